The quantitative estimate of drug-likeness (QED) is 0.537. The van der Waals surface area contributed by atoms with Crippen LogP contribution in [0, 0.1) is 12.7 Å². The largest absolute Gasteiger partial charge is 0.437 e. The fourth-order valence-electron chi connectivity index (χ4n) is 2.99. The van der Waals surface area contributed by atoms with Gasteiger partial charge in [0.15, 0.2) is 11.5 Å². The van der Waals surface area contributed by atoms with Gasteiger partial charge in [-0.15, -0.1) is 0 Å². The molecule has 0 amide bonds. The minimum absolute atomic E-state index is 0.247. The maximum absolute atomic E-state index is 14.1. The van der Waals surface area contributed by atoms with Crippen molar-refractivity contribution in [2.45, 2.75) is 20.1 Å². The molecule has 0 atom stereocenters. The average molecular weight is 351 g/mol. The van der Waals surface area contributed by atoms with Gasteiger partial charge in [0, 0.05) is 18.1 Å². The highest BCUT2D eigenvalue weighted by Crippen LogP contribution is 2.29. The molecule has 0 aliphatic carbocycles. The summed E-state index contributed by atoms with van der Waals surface area (Å²) < 4.78 is 26.8. The smallest absolute Gasteiger partial charge is 0.248 e. The Morgan fingerprint density at radius 2 is 1.88 bits per heavy atom. The van der Waals surface area contributed by atoms with Crippen LogP contribution in [0.4, 0.5) is 4.39 Å². The number of halogens is 1. The van der Waals surface area contributed by atoms with E-state index in [1.54, 1.807) is 23.9 Å². The second kappa shape index (κ2) is 6.72. The summed E-state index contributed by atoms with van der Waals surface area (Å²) >= 11 is 0. The Kier molecular flexibility index (Phi) is 4.26. The van der Waals surface area contributed by atoms with Crippen LogP contribution in [0.5, 0.6) is 0 Å². The number of fused-ring (bicyclic) bond motifs is 1. The first kappa shape index (κ1) is 16.5. The first-order chi connectivity index (χ1) is 12.7. The predicted octanol–water partition coefficient (Wildman–Crippen LogP) is 4.33. The van der Waals surface area contributed by atoms with E-state index in [9.17, 15) is 4.39 Å². The summed E-state index contributed by atoms with van der Waals surface area (Å²) in [4.78, 5) is 4.49. The Morgan fingerprint density at radius 1 is 1.12 bits per heavy atom. The fraction of sp³-hybridized carbons (Fsp3) is 0.200. The van der Waals surface area contributed by atoms with Crippen LogP contribution >= 0.6 is 0 Å². The molecule has 0 N–H and O–H groups in total. The van der Waals surface area contributed by atoms with Gasteiger partial charge >= 0.3 is 0 Å². The zero-order valence-electron chi connectivity index (χ0n) is 14.6. The molecule has 0 saturated heterocycles. The number of methoxy groups -OCH3 is 1. The number of hydrogen-bond acceptors (Lipinski definition) is 4. The van der Waals surface area contributed by atoms with E-state index in [2.05, 4.69) is 10.1 Å². The Hall–Kier alpha value is -2.99. The summed E-state index contributed by atoms with van der Waals surface area (Å²) in [7, 11) is 1.61. The third kappa shape index (κ3) is 2.88. The molecule has 0 bridgehead atoms. The van der Waals surface area contributed by atoms with Crippen molar-refractivity contribution in [3.8, 4) is 11.6 Å². The number of rotatable bonds is 5. The van der Waals surface area contributed by atoms with Crippen LogP contribution in [0.25, 0.3) is 22.5 Å². The van der Waals surface area contributed by atoms with Crippen molar-refractivity contribution in [2.24, 2.45) is 0 Å². The van der Waals surface area contributed by atoms with Crippen molar-refractivity contribution < 1.29 is 13.5 Å². The van der Waals surface area contributed by atoms with E-state index in [1.165, 1.54) is 6.07 Å². The predicted molar refractivity (Wildman–Crippen MR) is 96.2 cm³/mol. The zero-order chi connectivity index (χ0) is 18.1. The van der Waals surface area contributed by atoms with Crippen molar-refractivity contribution in [1.29, 1.82) is 0 Å². The minimum atomic E-state index is -0.247. The molecule has 4 rings (SSSR count). The molecule has 0 fully saturated rings. The molecule has 0 aliphatic heterocycles. The minimum Gasteiger partial charge on any atom is -0.437 e. The Bertz CT molecular complexity index is 1070. The molecule has 2 heterocycles. The Labute approximate surface area is 150 Å². The molecular formula is C20H18FN3O2. The lowest BCUT2D eigenvalue weighted by Crippen LogP contribution is -2.03. The molecule has 2 aromatic heterocycles. The average Bonchev–Trinajstić information content (AvgIpc) is 3.19. The van der Waals surface area contributed by atoms with Gasteiger partial charge in [0.2, 0.25) is 5.89 Å². The van der Waals surface area contributed by atoms with Crippen LogP contribution in [-0.2, 0) is 17.9 Å². The van der Waals surface area contributed by atoms with Crippen LogP contribution in [-0.4, -0.2) is 21.9 Å². The molecule has 26 heavy (non-hydrogen) atoms. The van der Waals surface area contributed by atoms with Gasteiger partial charge < -0.3 is 9.15 Å². The molecular weight excluding hydrogens is 333 g/mol. The molecule has 2 aromatic carbocycles. The summed E-state index contributed by atoms with van der Waals surface area (Å²) in [5.41, 5.74) is 2.89. The molecule has 0 saturated carbocycles. The SMILES string of the molecule is COCc1oc(-c2nn(Cc3ccccc3F)c3ccccc23)nc1C. The van der Waals surface area contributed by atoms with Crippen molar-refractivity contribution in [3.63, 3.8) is 0 Å². The maximum Gasteiger partial charge on any atom is 0.248 e. The number of hydrogen-bond donors (Lipinski definition) is 0. The fourth-order valence-corrected chi connectivity index (χ4v) is 2.99. The van der Waals surface area contributed by atoms with Gasteiger partial charge in [-0.2, -0.15) is 5.10 Å². The molecule has 0 spiro atoms. The number of oxazole rings is 1. The van der Waals surface area contributed by atoms with E-state index in [0.717, 1.165) is 16.6 Å². The van der Waals surface area contributed by atoms with Gasteiger partial charge in [-0.05, 0) is 19.1 Å². The van der Waals surface area contributed by atoms with Gasteiger partial charge in [-0.25, -0.2) is 9.37 Å². The number of benzene rings is 2. The molecule has 5 nitrogen and oxygen atoms in total. The van der Waals surface area contributed by atoms with Crippen molar-refractivity contribution in [2.75, 3.05) is 7.11 Å². The molecule has 0 aliphatic rings. The zero-order valence-corrected chi connectivity index (χ0v) is 14.6. The van der Waals surface area contributed by atoms with E-state index in [4.69, 9.17) is 9.15 Å². The summed E-state index contributed by atoms with van der Waals surface area (Å²) in [5, 5.41) is 5.57. The number of nitrogens with zero attached hydrogens (tertiary/aromatic N) is 3. The normalized spacial score (nSPS) is 11.3. The second-order valence-electron chi connectivity index (χ2n) is 6.08. The lowest BCUT2D eigenvalue weighted by molar-refractivity contribution is 0.164. The van der Waals surface area contributed by atoms with E-state index in [-0.39, 0.29) is 5.82 Å². The van der Waals surface area contributed by atoms with E-state index in [1.807, 2.05) is 37.3 Å². The second-order valence-corrected chi connectivity index (χ2v) is 6.08. The molecule has 0 unspecified atom stereocenters. The molecule has 0 radical (unpaired) electrons. The number of ether oxygens (including phenoxy) is 1. The van der Waals surface area contributed by atoms with Gasteiger partial charge in [0.05, 0.1) is 17.8 Å². The highest BCUT2D eigenvalue weighted by atomic mass is 19.1. The van der Waals surface area contributed by atoms with Crippen LogP contribution < -0.4 is 0 Å². The van der Waals surface area contributed by atoms with Gasteiger partial charge in [-0.1, -0.05) is 36.4 Å². The molecule has 4 aromatic rings. The van der Waals surface area contributed by atoms with Crippen molar-refractivity contribution in [3.05, 3.63) is 71.4 Å². The third-order valence-electron chi connectivity index (χ3n) is 4.31. The molecule has 132 valence electrons. The van der Waals surface area contributed by atoms with Gasteiger partial charge in [-0.3, -0.25) is 4.68 Å². The Balaban J connectivity index is 1.82. The topological polar surface area (TPSA) is 53.1 Å². The highest BCUT2D eigenvalue weighted by molar-refractivity contribution is 5.91. The van der Waals surface area contributed by atoms with Crippen molar-refractivity contribution >= 4 is 10.9 Å². The lowest BCUT2D eigenvalue weighted by atomic mass is 10.2. The monoisotopic (exact) mass is 351 g/mol. The number of aromatic nitrogens is 3. The van der Waals surface area contributed by atoms with Crippen molar-refractivity contribution in [1.82, 2.24) is 14.8 Å². The van der Waals surface area contributed by atoms with Crippen LogP contribution in [0.1, 0.15) is 17.0 Å². The summed E-state index contributed by atoms with van der Waals surface area (Å²) in [6.07, 6.45) is 0. The Morgan fingerprint density at radius 3 is 2.69 bits per heavy atom. The van der Waals surface area contributed by atoms with E-state index < -0.39 is 0 Å². The highest BCUT2D eigenvalue weighted by Gasteiger charge is 2.19. The first-order valence-corrected chi connectivity index (χ1v) is 8.32. The van der Waals surface area contributed by atoms with E-state index in [0.29, 0.717) is 36.1 Å². The van der Waals surface area contributed by atoms with Crippen LogP contribution in [0.3, 0.4) is 0 Å². The number of aryl methyl sites for hydroxylation is 1. The van der Waals surface area contributed by atoms with Crippen LogP contribution in [0.15, 0.2) is 52.9 Å². The standard InChI is InChI=1S/C20H18FN3O2/c1-13-18(12-25-2)26-20(22-13)19-15-8-4-6-10-17(15)24(23-19)11-14-7-3-5-9-16(14)21/h3-10H,11-12H2,1-2H3. The van der Waals surface area contributed by atoms with E-state index >= 15 is 0 Å². The molecule has 6 heteroatoms. The third-order valence-corrected chi connectivity index (χ3v) is 4.31. The maximum atomic E-state index is 14.1. The van der Waals surface area contributed by atoms with Crippen LogP contribution in [0.2, 0.25) is 0 Å². The lowest BCUT2D eigenvalue weighted by Gasteiger charge is -2.04. The summed E-state index contributed by atoms with van der Waals surface area (Å²) in [6, 6.07) is 14.5. The number of para-hydroxylation sites is 1. The first-order valence-electron chi connectivity index (χ1n) is 8.32. The summed E-state index contributed by atoms with van der Waals surface area (Å²) in [5.74, 6) is 0.872. The summed E-state index contributed by atoms with van der Waals surface area (Å²) in [6.45, 7) is 2.56. The van der Waals surface area contributed by atoms with Gasteiger partial charge in [0.1, 0.15) is 12.4 Å². The van der Waals surface area contributed by atoms with Gasteiger partial charge in [0.25, 0.3) is 0 Å².